The first-order valence-electron chi connectivity index (χ1n) is 28.8. The zero-order valence-corrected chi connectivity index (χ0v) is 46.4. The Bertz CT molecular complexity index is 1440. The highest BCUT2D eigenvalue weighted by Crippen LogP contribution is 2.15. The van der Waals surface area contributed by atoms with E-state index in [0.717, 1.165) is 96.3 Å². The fraction of sp³-hybridized carbons (Fsp3) is 0.726. The maximum absolute atomic E-state index is 12.9. The zero-order chi connectivity index (χ0) is 52.0. The van der Waals surface area contributed by atoms with E-state index >= 15 is 0 Å². The molecule has 0 heterocycles. The molecule has 0 aliphatic carbocycles. The second kappa shape index (κ2) is 52.8. The fourth-order valence-electron chi connectivity index (χ4n) is 7.72. The topological polar surface area (TPSA) is 108 Å². The van der Waals surface area contributed by atoms with Crippen LogP contribution in [-0.4, -0.2) is 87.4 Å². The van der Waals surface area contributed by atoms with Crippen LogP contribution < -0.4 is 0 Å². The van der Waals surface area contributed by atoms with Gasteiger partial charge < -0.3 is 28.5 Å². The Hall–Kier alpha value is -3.53. The average molecular weight is 996 g/mol. The second-order valence-electron chi connectivity index (χ2n) is 20.2. The highest BCUT2D eigenvalue weighted by molar-refractivity contribution is 5.71. The van der Waals surface area contributed by atoms with Crippen LogP contribution in [0.1, 0.15) is 232 Å². The molecule has 0 saturated carbocycles. The standard InChI is InChI=1S/C62H107NO8/c1-6-8-10-12-14-16-18-20-22-24-26-28-29-30-31-33-35-37-39-41-43-45-47-49-51-53-60(65)71-58(57-70-62(61(66)67)68-55-54-63(3,4)5)56-69-59(64)52-50-48-46-44-42-40-38-36-34-32-27-25-23-21-19-17-15-13-11-9-7-2/h8,10,14,16,20,22,25-28,30-31,35,37,58,62H,6-7,9,11-13,15,17-19,21,23-24,29,32-34,36,38-57H2,1-5H3/p+1/b10-8-,16-14-,22-20-,27-25-,28-26-,31-30-,37-35-. The summed E-state index contributed by atoms with van der Waals surface area (Å²) in [5.41, 5.74) is 0. The van der Waals surface area contributed by atoms with Crippen molar-refractivity contribution in [3.05, 3.63) is 85.1 Å². The van der Waals surface area contributed by atoms with Crippen LogP contribution in [0.15, 0.2) is 85.1 Å². The van der Waals surface area contributed by atoms with Crippen LogP contribution in [0.5, 0.6) is 0 Å². The molecule has 9 nitrogen and oxygen atoms in total. The van der Waals surface area contributed by atoms with Crippen molar-refractivity contribution in [3.8, 4) is 0 Å². The van der Waals surface area contributed by atoms with Crippen molar-refractivity contribution >= 4 is 17.9 Å². The van der Waals surface area contributed by atoms with Crippen molar-refractivity contribution in [3.63, 3.8) is 0 Å². The SMILES string of the molecule is CC/C=C\C/C=C\C/C=C\C/C=C\C/C=C\C/C=C\CCCCCCCCC(=O)OC(COC(=O)CCCCCCCCCCC/C=C\CCCCCCCCCC)COC(OCC[N+](C)(C)C)C(=O)O. The summed E-state index contributed by atoms with van der Waals surface area (Å²) in [6.07, 6.45) is 66.5. The minimum absolute atomic E-state index is 0.180. The number of carbonyl (C=O) groups is 3. The number of nitrogens with zero attached hydrogens (tertiary/aromatic N) is 1. The zero-order valence-electron chi connectivity index (χ0n) is 46.4. The van der Waals surface area contributed by atoms with E-state index in [1.54, 1.807) is 0 Å². The van der Waals surface area contributed by atoms with Crippen molar-refractivity contribution in [2.75, 3.05) is 47.5 Å². The number of hydrogen-bond donors (Lipinski definition) is 1. The first kappa shape index (κ1) is 67.5. The predicted octanol–water partition coefficient (Wildman–Crippen LogP) is 16.8. The lowest BCUT2D eigenvalue weighted by Crippen LogP contribution is -2.40. The van der Waals surface area contributed by atoms with Crippen LogP contribution >= 0.6 is 0 Å². The van der Waals surface area contributed by atoms with E-state index in [0.29, 0.717) is 23.9 Å². The summed E-state index contributed by atoms with van der Waals surface area (Å²) in [5, 5.41) is 9.70. The summed E-state index contributed by atoms with van der Waals surface area (Å²) in [5.74, 6) is -2.03. The summed E-state index contributed by atoms with van der Waals surface area (Å²) in [6.45, 7) is 4.75. The molecule has 71 heavy (non-hydrogen) atoms. The molecule has 0 amide bonds. The van der Waals surface area contributed by atoms with Gasteiger partial charge in [-0.25, -0.2) is 4.79 Å². The minimum Gasteiger partial charge on any atom is -0.477 e. The molecular weight excluding hydrogens is 887 g/mol. The Labute approximate surface area is 436 Å². The largest absolute Gasteiger partial charge is 0.477 e. The Kier molecular flexibility index (Phi) is 50.2. The van der Waals surface area contributed by atoms with Gasteiger partial charge in [0.25, 0.3) is 6.29 Å². The number of carboxylic acid groups (broad SMARTS) is 1. The molecule has 9 heteroatoms. The Morgan fingerprint density at radius 3 is 1.21 bits per heavy atom. The summed E-state index contributed by atoms with van der Waals surface area (Å²) in [6, 6.07) is 0. The van der Waals surface area contributed by atoms with Crippen LogP contribution in [0.3, 0.4) is 0 Å². The van der Waals surface area contributed by atoms with Gasteiger partial charge in [-0.1, -0.05) is 214 Å². The van der Waals surface area contributed by atoms with Crippen LogP contribution in [0.4, 0.5) is 0 Å². The molecule has 0 spiro atoms. The first-order valence-corrected chi connectivity index (χ1v) is 28.8. The molecule has 0 rings (SSSR count). The van der Waals surface area contributed by atoms with Gasteiger partial charge >= 0.3 is 17.9 Å². The lowest BCUT2D eigenvalue weighted by Gasteiger charge is -2.25. The summed E-state index contributed by atoms with van der Waals surface area (Å²) >= 11 is 0. The number of ether oxygens (including phenoxy) is 4. The molecule has 0 aromatic heterocycles. The van der Waals surface area contributed by atoms with Crippen molar-refractivity contribution < 1.29 is 42.9 Å². The van der Waals surface area contributed by atoms with E-state index in [-0.39, 0.29) is 32.2 Å². The molecule has 0 aliphatic heterocycles. The molecule has 0 aromatic rings. The van der Waals surface area contributed by atoms with Gasteiger partial charge in [0.05, 0.1) is 34.4 Å². The van der Waals surface area contributed by atoms with Crippen molar-refractivity contribution in [2.45, 2.75) is 245 Å². The van der Waals surface area contributed by atoms with Gasteiger partial charge in [-0.2, -0.15) is 0 Å². The van der Waals surface area contributed by atoms with Gasteiger partial charge in [-0.05, 0) is 89.9 Å². The number of rotatable bonds is 52. The van der Waals surface area contributed by atoms with Crippen molar-refractivity contribution in [1.82, 2.24) is 0 Å². The minimum atomic E-state index is -1.52. The van der Waals surface area contributed by atoms with Crippen LogP contribution in [-0.2, 0) is 33.3 Å². The summed E-state index contributed by atoms with van der Waals surface area (Å²) in [4.78, 5) is 37.4. The fourth-order valence-corrected chi connectivity index (χ4v) is 7.72. The highest BCUT2D eigenvalue weighted by Gasteiger charge is 2.25. The Balaban J connectivity index is 4.32. The lowest BCUT2D eigenvalue weighted by molar-refractivity contribution is -0.870. The molecule has 1 N–H and O–H groups in total. The summed E-state index contributed by atoms with van der Waals surface area (Å²) in [7, 11) is 5.96. The molecule has 0 aliphatic rings. The molecule has 0 bridgehead atoms. The van der Waals surface area contributed by atoms with E-state index in [1.165, 1.54) is 103 Å². The summed E-state index contributed by atoms with van der Waals surface area (Å²) < 4.78 is 22.9. The monoisotopic (exact) mass is 995 g/mol. The van der Waals surface area contributed by atoms with E-state index in [2.05, 4.69) is 98.9 Å². The number of unbranched alkanes of at least 4 members (excludes halogenated alkanes) is 23. The number of likely N-dealkylation sites (N-methyl/N-ethyl adjacent to an activating group) is 1. The molecule has 0 aromatic carbocycles. The normalized spacial score (nSPS) is 13.4. The van der Waals surface area contributed by atoms with Gasteiger partial charge in [0.2, 0.25) is 0 Å². The number of quaternary nitrogens is 1. The van der Waals surface area contributed by atoms with Crippen LogP contribution in [0.2, 0.25) is 0 Å². The van der Waals surface area contributed by atoms with E-state index in [4.69, 9.17) is 18.9 Å². The van der Waals surface area contributed by atoms with Gasteiger partial charge in [-0.15, -0.1) is 0 Å². The molecule has 0 radical (unpaired) electrons. The number of allylic oxidation sites excluding steroid dienone is 14. The molecule has 408 valence electrons. The molecule has 0 saturated heterocycles. The lowest BCUT2D eigenvalue weighted by atomic mass is 10.1. The van der Waals surface area contributed by atoms with E-state index in [1.807, 2.05) is 21.1 Å². The maximum atomic E-state index is 12.9. The maximum Gasteiger partial charge on any atom is 0.361 e. The quantitative estimate of drug-likeness (QED) is 0.0211. The third kappa shape index (κ3) is 54.1. The third-order valence-electron chi connectivity index (χ3n) is 12.1. The number of hydrogen-bond acceptors (Lipinski definition) is 7. The smallest absolute Gasteiger partial charge is 0.361 e. The second-order valence-corrected chi connectivity index (χ2v) is 20.2. The van der Waals surface area contributed by atoms with E-state index < -0.39 is 24.3 Å². The van der Waals surface area contributed by atoms with Crippen molar-refractivity contribution in [2.24, 2.45) is 0 Å². The van der Waals surface area contributed by atoms with Gasteiger partial charge in [0, 0.05) is 12.8 Å². The number of aliphatic carboxylic acids is 1. The molecule has 2 unspecified atom stereocenters. The van der Waals surface area contributed by atoms with Crippen LogP contribution in [0.25, 0.3) is 0 Å². The number of carbonyl (C=O) groups excluding carboxylic acids is 2. The van der Waals surface area contributed by atoms with Crippen molar-refractivity contribution in [1.29, 1.82) is 0 Å². The van der Waals surface area contributed by atoms with Gasteiger partial charge in [-0.3, -0.25) is 9.59 Å². The van der Waals surface area contributed by atoms with E-state index in [9.17, 15) is 19.5 Å². The molecular formula is C62H108NO8+. The van der Waals surface area contributed by atoms with Gasteiger partial charge in [0.1, 0.15) is 13.2 Å². The Morgan fingerprint density at radius 2 is 0.803 bits per heavy atom. The average Bonchev–Trinajstić information content (AvgIpc) is 3.34. The number of carboxylic acids is 1. The Morgan fingerprint density at radius 1 is 0.437 bits per heavy atom. The molecule has 2 atom stereocenters. The van der Waals surface area contributed by atoms with Crippen LogP contribution in [0, 0.1) is 0 Å². The molecule has 0 fully saturated rings. The predicted molar refractivity (Wildman–Crippen MR) is 299 cm³/mol. The third-order valence-corrected chi connectivity index (χ3v) is 12.1. The number of esters is 2. The highest BCUT2D eigenvalue weighted by atomic mass is 16.7. The van der Waals surface area contributed by atoms with Gasteiger partial charge in [0.15, 0.2) is 6.10 Å². The first-order chi connectivity index (χ1) is 34.6.